The third-order valence-electron chi connectivity index (χ3n) is 3.39. The van der Waals surface area contributed by atoms with Gasteiger partial charge in [0, 0.05) is 24.5 Å². The third-order valence-corrected chi connectivity index (χ3v) is 3.39. The summed E-state index contributed by atoms with van der Waals surface area (Å²) >= 11 is 0. The summed E-state index contributed by atoms with van der Waals surface area (Å²) in [5, 5.41) is 9.88. The lowest BCUT2D eigenvalue weighted by molar-refractivity contribution is -0.141. The molecule has 5 heteroatoms. The first-order valence-corrected chi connectivity index (χ1v) is 6.04. The fraction of sp³-hybridized carbons (Fsp3) is 0.214. The second-order valence-electron chi connectivity index (χ2n) is 4.59. The average Bonchev–Trinajstić information content (AvgIpc) is 2.80. The van der Waals surface area contributed by atoms with Crippen LogP contribution in [-0.4, -0.2) is 28.5 Å². The van der Waals surface area contributed by atoms with Gasteiger partial charge in [-0.1, -0.05) is 6.07 Å². The van der Waals surface area contributed by atoms with E-state index >= 15 is 0 Å². The van der Waals surface area contributed by atoms with Crippen molar-refractivity contribution in [2.75, 3.05) is 11.4 Å². The first kappa shape index (κ1) is 11.6. The fourth-order valence-electron chi connectivity index (χ4n) is 2.43. The van der Waals surface area contributed by atoms with Crippen molar-refractivity contribution in [2.45, 2.75) is 6.42 Å². The van der Waals surface area contributed by atoms with Crippen LogP contribution in [0.3, 0.4) is 0 Å². The van der Waals surface area contributed by atoms with Crippen molar-refractivity contribution in [1.29, 1.82) is 0 Å². The Bertz CT molecular complexity index is 663. The number of carbonyl (C=O) groups is 2. The van der Waals surface area contributed by atoms with Gasteiger partial charge in [0.05, 0.1) is 17.1 Å². The van der Waals surface area contributed by atoms with Gasteiger partial charge in [-0.05, 0) is 24.3 Å². The molecule has 1 unspecified atom stereocenters. The first-order valence-electron chi connectivity index (χ1n) is 6.04. The largest absolute Gasteiger partial charge is 0.481 e. The molecule has 0 spiro atoms. The summed E-state index contributed by atoms with van der Waals surface area (Å²) in [5.74, 6) is -1.70. The molecule has 1 N–H and O–H groups in total. The monoisotopic (exact) mass is 256 g/mol. The van der Waals surface area contributed by atoms with Crippen LogP contribution >= 0.6 is 0 Å². The van der Waals surface area contributed by atoms with Crippen molar-refractivity contribution in [2.24, 2.45) is 5.92 Å². The van der Waals surface area contributed by atoms with Gasteiger partial charge in [-0.2, -0.15) is 0 Å². The molecule has 2 aromatic rings. The molecule has 1 aromatic heterocycles. The zero-order valence-corrected chi connectivity index (χ0v) is 10.1. The number of aromatic nitrogens is 1. The van der Waals surface area contributed by atoms with E-state index in [1.807, 2.05) is 24.3 Å². The Morgan fingerprint density at radius 2 is 2.16 bits per heavy atom. The van der Waals surface area contributed by atoms with Gasteiger partial charge in [0.1, 0.15) is 0 Å². The van der Waals surface area contributed by atoms with E-state index in [0.717, 1.165) is 16.6 Å². The topological polar surface area (TPSA) is 70.5 Å². The number of rotatable bonds is 2. The second kappa shape index (κ2) is 4.35. The normalized spacial score (nSPS) is 19.1. The SMILES string of the molecule is O=C(O)C1CC(=O)N(c2cccc3ncccc23)C1. The number of carboxylic acids is 1. The van der Waals surface area contributed by atoms with E-state index in [1.165, 1.54) is 0 Å². The number of fused-ring (bicyclic) bond motifs is 1. The van der Waals surface area contributed by atoms with Gasteiger partial charge < -0.3 is 10.0 Å². The van der Waals surface area contributed by atoms with Gasteiger partial charge in [-0.15, -0.1) is 0 Å². The van der Waals surface area contributed by atoms with Gasteiger partial charge in [0.25, 0.3) is 0 Å². The zero-order valence-electron chi connectivity index (χ0n) is 10.1. The number of amides is 1. The summed E-state index contributed by atoms with van der Waals surface area (Å²) in [6, 6.07) is 9.21. The standard InChI is InChI=1S/C14H12N2O3/c17-13-7-9(14(18)19)8-16(13)12-5-1-4-11-10(12)3-2-6-15-11/h1-6,9H,7-8H2,(H,18,19). The number of anilines is 1. The third kappa shape index (κ3) is 1.93. The van der Waals surface area contributed by atoms with Crippen molar-refractivity contribution in [3.05, 3.63) is 36.5 Å². The Labute approximate surface area is 109 Å². The Hall–Kier alpha value is -2.43. The van der Waals surface area contributed by atoms with Crippen molar-refractivity contribution in [3.8, 4) is 0 Å². The Morgan fingerprint density at radius 3 is 2.89 bits per heavy atom. The maximum Gasteiger partial charge on any atom is 0.308 e. The molecule has 1 amide bonds. The molecule has 1 aromatic carbocycles. The van der Waals surface area contributed by atoms with Gasteiger partial charge in [0.2, 0.25) is 5.91 Å². The maximum atomic E-state index is 12.0. The van der Waals surface area contributed by atoms with Crippen LogP contribution in [0.5, 0.6) is 0 Å². The minimum atomic E-state index is -0.922. The second-order valence-corrected chi connectivity index (χ2v) is 4.59. The lowest BCUT2D eigenvalue weighted by Gasteiger charge is -2.18. The van der Waals surface area contributed by atoms with Crippen molar-refractivity contribution >= 4 is 28.5 Å². The molecule has 0 bridgehead atoms. The molecule has 1 saturated heterocycles. The highest BCUT2D eigenvalue weighted by Crippen LogP contribution is 2.30. The van der Waals surface area contributed by atoms with Crippen LogP contribution in [0.25, 0.3) is 10.9 Å². The van der Waals surface area contributed by atoms with Crippen LogP contribution in [0.15, 0.2) is 36.5 Å². The smallest absolute Gasteiger partial charge is 0.308 e. The van der Waals surface area contributed by atoms with Crippen molar-refractivity contribution in [1.82, 2.24) is 4.98 Å². The summed E-state index contributed by atoms with van der Waals surface area (Å²) in [6.07, 6.45) is 1.75. The summed E-state index contributed by atoms with van der Waals surface area (Å²) in [6.45, 7) is 0.224. The minimum Gasteiger partial charge on any atom is -0.481 e. The molecule has 0 saturated carbocycles. The molecule has 96 valence electrons. The van der Waals surface area contributed by atoms with E-state index in [4.69, 9.17) is 5.11 Å². The highest BCUT2D eigenvalue weighted by molar-refractivity contribution is 6.05. The van der Waals surface area contributed by atoms with Gasteiger partial charge in [0.15, 0.2) is 0 Å². The number of carboxylic acid groups (broad SMARTS) is 1. The summed E-state index contributed by atoms with van der Waals surface area (Å²) in [5.41, 5.74) is 1.53. The quantitative estimate of drug-likeness (QED) is 0.887. The van der Waals surface area contributed by atoms with Crippen LogP contribution in [0.1, 0.15) is 6.42 Å². The molecule has 3 rings (SSSR count). The van der Waals surface area contributed by atoms with E-state index in [2.05, 4.69) is 4.98 Å². The number of pyridine rings is 1. The van der Waals surface area contributed by atoms with Crippen molar-refractivity contribution < 1.29 is 14.7 Å². The predicted molar refractivity (Wildman–Crippen MR) is 69.8 cm³/mol. The first-order chi connectivity index (χ1) is 9.16. The van der Waals surface area contributed by atoms with E-state index in [9.17, 15) is 9.59 Å². The number of hydrogen-bond donors (Lipinski definition) is 1. The molecule has 1 atom stereocenters. The number of benzene rings is 1. The highest BCUT2D eigenvalue weighted by atomic mass is 16.4. The van der Waals surface area contributed by atoms with Crippen LogP contribution in [0.4, 0.5) is 5.69 Å². The molecular formula is C14H12N2O3. The molecular weight excluding hydrogens is 244 g/mol. The Morgan fingerprint density at radius 1 is 1.32 bits per heavy atom. The summed E-state index contributed by atoms with van der Waals surface area (Å²) < 4.78 is 0. The van der Waals surface area contributed by atoms with E-state index in [0.29, 0.717) is 0 Å². The fourth-order valence-corrected chi connectivity index (χ4v) is 2.43. The molecule has 0 radical (unpaired) electrons. The Balaban J connectivity index is 2.05. The van der Waals surface area contributed by atoms with Crippen LogP contribution in [0.2, 0.25) is 0 Å². The van der Waals surface area contributed by atoms with Gasteiger partial charge in [-0.25, -0.2) is 0 Å². The van der Waals surface area contributed by atoms with E-state index in [1.54, 1.807) is 17.2 Å². The van der Waals surface area contributed by atoms with Crippen LogP contribution in [-0.2, 0) is 9.59 Å². The van der Waals surface area contributed by atoms with Gasteiger partial charge >= 0.3 is 5.97 Å². The molecule has 2 heterocycles. The zero-order chi connectivity index (χ0) is 13.4. The van der Waals surface area contributed by atoms with E-state index < -0.39 is 11.9 Å². The lowest BCUT2D eigenvalue weighted by Crippen LogP contribution is -2.25. The number of nitrogens with zero attached hydrogens (tertiary/aromatic N) is 2. The number of hydrogen-bond acceptors (Lipinski definition) is 3. The molecule has 5 nitrogen and oxygen atoms in total. The van der Waals surface area contributed by atoms with Crippen molar-refractivity contribution in [3.63, 3.8) is 0 Å². The lowest BCUT2D eigenvalue weighted by atomic mass is 10.1. The molecule has 1 aliphatic rings. The van der Waals surface area contributed by atoms with Crippen LogP contribution < -0.4 is 4.90 Å². The molecule has 0 aliphatic carbocycles. The Kier molecular flexibility index (Phi) is 2.67. The molecule has 19 heavy (non-hydrogen) atoms. The molecule has 1 fully saturated rings. The predicted octanol–water partition coefficient (Wildman–Crippen LogP) is 1.67. The minimum absolute atomic E-state index is 0.0615. The van der Waals surface area contributed by atoms with E-state index in [-0.39, 0.29) is 18.9 Å². The summed E-state index contributed by atoms with van der Waals surface area (Å²) in [4.78, 5) is 28.8. The highest BCUT2D eigenvalue weighted by Gasteiger charge is 2.35. The number of carbonyl (C=O) groups excluding carboxylic acids is 1. The van der Waals surface area contributed by atoms with Crippen LogP contribution in [0, 0.1) is 5.92 Å². The number of aliphatic carboxylic acids is 1. The maximum absolute atomic E-state index is 12.0. The summed E-state index contributed by atoms with van der Waals surface area (Å²) in [7, 11) is 0. The molecule has 1 aliphatic heterocycles. The van der Waals surface area contributed by atoms with Gasteiger partial charge in [-0.3, -0.25) is 14.6 Å². The average molecular weight is 256 g/mol.